The Morgan fingerprint density at radius 2 is 1.59 bits per heavy atom. The van der Waals surface area contributed by atoms with Gasteiger partial charge in [-0.05, 0) is 104 Å². The third-order valence-electron chi connectivity index (χ3n) is 9.33. The topological polar surface area (TPSA) is 46.1 Å². The van der Waals surface area contributed by atoms with E-state index in [1.54, 1.807) is 12.1 Å². The number of halogens is 3. The fraction of sp³-hybridized carbons (Fsp3) is 0.469. The molecule has 7 rings (SSSR count). The van der Waals surface area contributed by atoms with E-state index in [0.29, 0.717) is 38.0 Å². The second-order valence-corrected chi connectivity index (χ2v) is 14.4. The van der Waals surface area contributed by atoms with Crippen LogP contribution in [0.4, 0.5) is 0 Å². The molecule has 1 aromatic heterocycles. The summed E-state index contributed by atoms with van der Waals surface area (Å²) in [6, 6.07) is 13.0. The van der Waals surface area contributed by atoms with Gasteiger partial charge in [0.2, 0.25) is 0 Å². The van der Waals surface area contributed by atoms with E-state index in [1.165, 1.54) is 38.5 Å². The molecule has 4 aliphatic carbocycles. The summed E-state index contributed by atoms with van der Waals surface area (Å²) in [6.45, 7) is 8.33. The highest BCUT2D eigenvalue weighted by Crippen LogP contribution is 2.66. The summed E-state index contributed by atoms with van der Waals surface area (Å²) >= 11 is 18.9. The van der Waals surface area contributed by atoms with E-state index >= 15 is 0 Å². The van der Waals surface area contributed by atoms with E-state index in [2.05, 4.69) is 24.5 Å². The molecule has 39 heavy (non-hydrogen) atoms. The summed E-state index contributed by atoms with van der Waals surface area (Å²) in [5.41, 5.74) is 5.27. The van der Waals surface area contributed by atoms with E-state index in [9.17, 15) is 4.79 Å². The molecule has 1 amide bonds. The number of nitrogens with zero attached hydrogens (tertiary/aromatic N) is 1. The Morgan fingerprint density at radius 3 is 2.23 bits per heavy atom. The lowest BCUT2D eigenvalue weighted by atomic mass is 9.43. The van der Waals surface area contributed by atoms with Crippen molar-refractivity contribution in [1.82, 2.24) is 15.2 Å². The Kier molecular flexibility index (Phi) is 6.86. The molecular formula is C32H36Cl3N3O. The second kappa shape index (κ2) is 9.83. The van der Waals surface area contributed by atoms with Crippen molar-refractivity contribution in [2.24, 2.45) is 16.7 Å². The van der Waals surface area contributed by atoms with Gasteiger partial charge in [-0.25, -0.2) is 0 Å². The molecule has 0 spiro atoms. The van der Waals surface area contributed by atoms with E-state index in [-0.39, 0.29) is 11.4 Å². The van der Waals surface area contributed by atoms with Crippen molar-refractivity contribution < 1.29 is 4.79 Å². The molecule has 2 aromatic carbocycles. The lowest BCUT2D eigenvalue weighted by molar-refractivity contribution is -0.117. The first-order valence-corrected chi connectivity index (χ1v) is 15.1. The average Bonchev–Trinajstić information content (AvgIpc) is 3.17. The summed E-state index contributed by atoms with van der Waals surface area (Å²) < 4.78 is 1.97. The van der Waals surface area contributed by atoms with Crippen molar-refractivity contribution in [3.05, 3.63) is 74.9 Å². The Morgan fingerprint density at radius 1 is 0.923 bits per heavy atom. The van der Waals surface area contributed by atoms with Crippen LogP contribution in [0.1, 0.15) is 68.3 Å². The molecule has 3 aromatic rings. The lowest BCUT2D eigenvalue weighted by Gasteiger charge is -2.65. The van der Waals surface area contributed by atoms with Gasteiger partial charge in [-0.15, -0.1) is 0 Å². The first-order valence-electron chi connectivity index (χ1n) is 13.9. The lowest BCUT2D eigenvalue weighted by Crippen LogP contribution is -2.64. The zero-order valence-electron chi connectivity index (χ0n) is 22.8. The van der Waals surface area contributed by atoms with Crippen LogP contribution >= 0.6 is 34.8 Å². The van der Waals surface area contributed by atoms with Crippen molar-refractivity contribution in [1.29, 1.82) is 0 Å². The van der Waals surface area contributed by atoms with Crippen molar-refractivity contribution in [3.63, 3.8) is 0 Å². The molecule has 4 nitrogen and oxygen atoms in total. The summed E-state index contributed by atoms with van der Waals surface area (Å²) in [7, 11) is 0. The van der Waals surface area contributed by atoms with Gasteiger partial charge in [0.25, 0.3) is 5.91 Å². The van der Waals surface area contributed by atoms with Crippen LogP contribution in [0.25, 0.3) is 16.9 Å². The molecule has 4 bridgehead atoms. The molecule has 4 atom stereocenters. The highest BCUT2D eigenvalue weighted by molar-refractivity contribution is 6.35. The number of benzene rings is 2. The maximum absolute atomic E-state index is 13.5. The van der Waals surface area contributed by atoms with Crippen LogP contribution in [0.3, 0.4) is 0 Å². The van der Waals surface area contributed by atoms with Crippen LogP contribution < -0.4 is 10.6 Å². The molecule has 206 valence electrons. The molecule has 2 unspecified atom stereocenters. The fourth-order valence-corrected chi connectivity index (χ4v) is 9.53. The van der Waals surface area contributed by atoms with Crippen LogP contribution in [0.5, 0.6) is 0 Å². The van der Waals surface area contributed by atoms with Crippen molar-refractivity contribution in [3.8, 4) is 16.9 Å². The normalized spacial score (nSPS) is 29.1. The standard InChI is InChI=1S/C32H36Cl3N3O/c1-20-25(16-38(27-9-8-24(34)12-26(27)35)28(20)22-4-6-23(33)7-5-22)29(39)36-10-11-37-32-15-21-13-30(2,18-32)17-31(3,14-21)19-32/h4-9,12,16,21,37H,10-11,13-15,17-19H2,1-3H3,(H,36,39)/t21?,30-,31+,32?. The van der Waals surface area contributed by atoms with Crippen molar-refractivity contribution >= 4 is 40.7 Å². The summed E-state index contributed by atoms with van der Waals surface area (Å²) in [5.74, 6) is 0.754. The number of carbonyl (C=O) groups excluding carboxylic acids is 1. The molecule has 1 heterocycles. The molecule has 4 saturated carbocycles. The van der Waals surface area contributed by atoms with Gasteiger partial charge in [-0.3, -0.25) is 4.79 Å². The summed E-state index contributed by atoms with van der Waals surface area (Å²) in [5, 5.41) is 8.84. The third-order valence-corrected chi connectivity index (χ3v) is 10.1. The average molecular weight is 585 g/mol. The molecular weight excluding hydrogens is 549 g/mol. The SMILES string of the molecule is Cc1c(C(=O)NCCNC23CC4C[C@@](C)(C2)C[C@](C)(C4)C3)cn(-c2ccc(Cl)cc2Cl)c1-c1ccc(Cl)cc1. The zero-order valence-corrected chi connectivity index (χ0v) is 25.1. The van der Waals surface area contributed by atoms with Gasteiger partial charge in [-0.2, -0.15) is 0 Å². The number of amides is 1. The number of hydrogen-bond donors (Lipinski definition) is 2. The first kappa shape index (κ1) is 27.2. The maximum Gasteiger partial charge on any atom is 0.253 e. The fourth-order valence-electron chi connectivity index (χ4n) is 8.90. The monoisotopic (exact) mass is 583 g/mol. The maximum atomic E-state index is 13.5. The Bertz CT molecular complexity index is 1410. The minimum Gasteiger partial charge on any atom is -0.351 e. The number of rotatable bonds is 7. The molecule has 4 aliphatic rings. The summed E-state index contributed by atoms with van der Waals surface area (Å²) in [4.78, 5) is 13.5. The van der Waals surface area contributed by atoms with Gasteiger partial charge >= 0.3 is 0 Å². The van der Waals surface area contributed by atoms with Gasteiger partial charge in [0.1, 0.15) is 0 Å². The quantitative estimate of drug-likeness (QED) is 0.274. The minimum atomic E-state index is -0.0854. The van der Waals surface area contributed by atoms with E-state index in [0.717, 1.165) is 35.0 Å². The Labute approximate surface area is 246 Å². The highest BCUT2D eigenvalue weighted by atomic mass is 35.5. The van der Waals surface area contributed by atoms with Gasteiger partial charge in [0.05, 0.1) is 22.0 Å². The molecule has 0 aliphatic heterocycles. The van der Waals surface area contributed by atoms with Gasteiger partial charge in [-0.1, -0.05) is 60.8 Å². The van der Waals surface area contributed by atoms with Crippen molar-refractivity contribution in [2.75, 3.05) is 13.1 Å². The molecule has 0 saturated heterocycles. The molecule has 2 N–H and O–H groups in total. The second-order valence-electron chi connectivity index (χ2n) is 13.1. The van der Waals surface area contributed by atoms with E-state index in [1.807, 2.05) is 48.0 Å². The van der Waals surface area contributed by atoms with Crippen LogP contribution in [0.2, 0.25) is 15.1 Å². The van der Waals surface area contributed by atoms with Crippen molar-refractivity contribution in [2.45, 2.75) is 64.8 Å². The number of hydrogen-bond acceptors (Lipinski definition) is 2. The van der Waals surface area contributed by atoms with Gasteiger partial charge in [0, 0.05) is 34.9 Å². The minimum absolute atomic E-state index is 0.0854. The van der Waals surface area contributed by atoms with E-state index < -0.39 is 0 Å². The first-order chi connectivity index (χ1) is 18.5. The van der Waals surface area contributed by atoms with Crippen LogP contribution in [-0.2, 0) is 0 Å². The van der Waals surface area contributed by atoms with Gasteiger partial charge in [0.15, 0.2) is 0 Å². The zero-order chi connectivity index (χ0) is 27.6. The molecule has 0 radical (unpaired) electrons. The number of carbonyl (C=O) groups is 1. The number of aromatic nitrogens is 1. The smallest absolute Gasteiger partial charge is 0.253 e. The Hall–Kier alpha value is -1.98. The predicted octanol–water partition coefficient (Wildman–Crippen LogP) is 8.48. The number of nitrogens with one attached hydrogen (secondary N) is 2. The van der Waals surface area contributed by atoms with Crippen LogP contribution in [0, 0.1) is 23.7 Å². The third kappa shape index (κ3) is 5.14. The highest BCUT2D eigenvalue weighted by Gasteiger charge is 2.59. The largest absolute Gasteiger partial charge is 0.351 e. The van der Waals surface area contributed by atoms with Crippen LogP contribution in [-0.4, -0.2) is 29.1 Å². The molecule has 4 fully saturated rings. The summed E-state index contributed by atoms with van der Waals surface area (Å²) in [6.07, 6.45) is 9.79. The molecule has 7 heteroatoms. The predicted molar refractivity (Wildman–Crippen MR) is 161 cm³/mol. The van der Waals surface area contributed by atoms with Gasteiger partial charge < -0.3 is 15.2 Å². The van der Waals surface area contributed by atoms with Crippen LogP contribution in [0.15, 0.2) is 48.7 Å². The Balaban J connectivity index is 1.21. The van der Waals surface area contributed by atoms with E-state index in [4.69, 9.17) is 34.8 Å².